The summed E-state index contributed by atoms with van der Waals surface area (Å²) >= 11 is 0. The molecule has 1 N–H and O–H groups in total. The van der Waals surface area contributed by atoms with E-state index in [9.17, 15) is 4.79 Å². The summed E-state index contributed by atoms with van der Waals surface area (Å²) in [6.07, 6.45) is 1.89. The molecule has 0 radical (unpaired) electrons. The zero-order valence-electron chi connectivity index (χ0n) is 14.9. The molecule has 0 atom stereocenters. The van der Waals surface area contributed by atoms with Gasteiger partial charge in [-0.25, -0.2) is 5.43 Å². The number of hydrogen-bond donors (Lipinski definition) is 1. The van der Waals surface area contributed by atoms with Crippen LogP contribution < -0.4 is 14.9 Å². The highest BCUT2D eigenvalue weighted by Crippen LogP contribution is 2.27. The molecule has 0 heterocycles. The number of carbonyl (C=O) groups is 1. The Labute approximate surface area is 148 Å². The molecule has 2 rings (SSSR count). The minimum Gasteiger partial charge on any atom is -0.490 e. The maximum Gasteiger partial charge on any atom is 0.244 e. The Morgan fingerprint density at radius 1 is 1.04 bits per heavy atom. The highest BCUT2D eigenvalue weighted by atomic mass is 16.5. The van der Waals surface area contributed by atoms with E-state index in [-0.39, 0.29) is 5.91 Å². The van der Waals surface area contributed by atoms with Crippen LogP contribution in [0.25, 0.3) is 0 Å². The van der Waals surface area contributed by atoms with E-state index < -0.39 is 0 Å². The van der Waals surface area contributed by atoms with Crippen LogP contribution >= 0.6 is 0 Å². The van der Waals surface area contributed by atoms with E-state index in [0.29, 0.717) is 31.1 Å². The van der Waals surface area contributed by atoms with Gasteiger partial charge in [0.1, 0.15) is 0 Å². The van der Waals surface area contributed by atoms with Gasteiger partial charge >= 0.3 is 0 Å². The Hall–Kier alpha value is -2.82. The molecule has 132 valence electrons. The lowest BCUT2D eigenvalue weighted by molar-refractivity contribution is -0.120. The number of ether oxygens (including phenoxy) is 2. The number of nitrogens with zero attached hydrogens (tertiary/aromatic N) is 1. The topological polar surface area (TPSA) is 59.9 Å². The maximum atomic E-state index is 11.9. The fraction of sp³-hybridized carbons (Fsp3) is 0.300. The van der Waals surface area contributed by atoms with Gasteiger partial charge in [0.2, 0.25) is 5.91 Å². The second kappa shape index (κ2) is 9.47. The Kier molecular flexibility index (Phi) is 7.01. The van der Waals surface area contributed by atoms with Gasteiger partial charge in [-0.2, -0.15) is 5.10 Å². The van der Waals surface area contributed by atoms with Crippen molar-refractivity contribution < 1.29 is 14.3 Å². The molecule has 2 aromatic rings. The number of hydrazone groups is 1. The van der Waals surface area contributed by atoms with Crippen LogP contribution in [0.5, 0.6) is 11.5 Å². The average molecular weight is 340 g/mol. The lowest BCUT2D eigenvalue weighted by Gasteiger charge is -2.11. The fourth-order valence-corrected chi connectivity index (χ4v) is 2.26. The molecule has 0 unspecified atom stereocenters. The molecular formula is C20H24N2O3. The molecule has 0 spiro atoms. The van der Waals surface area contributed by atoms with Crippen molar-refractivity contribution in [3.8, 4) is 11.5 Å². The molecule has 0 saturated heterocycles. The second-order valence-corrected chi connectivity index (χ2v) is 5.53. The summed E-state index contributed by atoms with van der Waals surface area (Å²) < 4.78 is 11.1. The summed E-state index contributed by atoms with van der Waals surface area (Å²) in [4.78, 5) is 11.9. The van der Waals surface area contributed by atoms with E-state index in [0.717, 1.165) is 11.1 Å². The predicted octanol–water partition coefficient (Wildman–Crippen LogP) is 3.49. The van der Waals surface area contributed by atoms with E-state index >= 15 is 0 Å². The number of aryl methyl sites for hydroxylation is 1. The molecule has 5 nitrogen and oxygen atoms in total. The Morgan fingerprint density at radius 3 is 2.40 bits per heavy atom. The summed E-state index contributed by atoms with van der Waals surface area (Å²) in [6.45, 7) is 6.98. The minimum absolute atomic E-state index is 0.156. The molecule has 0 aliphatic heterocycles. The minimum atomic E-state index is -0.156. The normalized spacial score (nSPS) is 10.7. The molecule has 2 aromatic carbocycles. The monoisotopic (exact) mass is 340 g/mol. The third kappa shape index (κ3) is 5.95. The van der Waals surface area contributed by atoms with Gasteiger partial charge in [0.05, 0.1) is 25.8 Å². The van der Waals surface area contributed by atoms with Crippen molar-refractivity contribution in [1.29, 1.82) is 0 Å². The first-order valence-corrected chi connectivity index (χ1v) is 8.39. The van der Waals surface area contributed by atoms with Crippen LogP contribution in [0.3, 0.4) is 0 Å². The molecule has 0 aliphatic carbocycles. The zero-order valence-corrected chi connectivity index (χ0v) is 14.9. The molecule has 5 heteroatoms. The highest BCUT2D eigenvalue weighted by molar-refractivity contribution is 5.84. The number of amides is 1. The smallest absolute Gasteiger partial charge is 0.244 e. The van der Waals surface area contributed by atoms with Crippen LogP contribution in [0, 0.1) is 6.92 Å². The number of carbonyl (C=O) groups excluding carboxylic acids is 1. The number of benzene rings is 2. The fourth-order valence-electron chi connectivity index (χ4n) is 2.26. The highest BCUT2D eigenvalue weighted by Gasteiger charge is 2.05. The summed E-state index contributed by atoms with van der Waals surface area (Å²) in [6, 6.07) is 13.4. The van der Waals surface area contributed by atoms with Crippen molar-refractivity contribution in [2.45, 2.75) is 27.2 Å². The Morgan fingerprint density at radius 2 is 1.72 bits per heavy atom. The quantitative estimate of drug-likeness (QED) is 0.591. The van der Waals surface area contributed by atoms with Crippen LogP contribution in [0.1, 0.15) is 30.5 Å². The summed E-state index contributed by atoms with van der Waals surface area (Å²) in [5.74, 6) is 1.21. The lowest BCUT2D eigenvalue weighted by Crippen LogP contribution is -2.19. The summed E-state index contributed by atoms with van der Waals surface area (Å²) in [7, 11) is 0. The van der Waals surface area contributed by atoms with Crippen LogP contribution in [0.15, 0.2) is 47.6 Å². The standard InChI is InChI=1S/C20H24N2O3/c1-4-24-18-11-10-17(12-19(18)25-5-2)14-21-22-20(23)13-16-8-6-15(3)7-9-16/h6-12,14H,4-5,13H2,1-3H3,(H,22,23)/b21-14+. The van der Waals surface area contributed by atoms with Crippen LogP contribution in [-0.4, -0.2) is 25.3 Å². The number of rotatable bonds is 8. The van der Waals surface area contributed by atoms with E-state index in [4.69, 9.17) is 9.47 Å². The van der Waals surface area contributed by atoms with Crippen molar-refractivity contribution >= 4 is 12.1 Å². The van der Waals surface area contributed by atoms with E-state index in [2.05, 4.69) is 10.5 Å². The lowest BCUT2D eigenvalue weighted by atomic mass is 10.1. The van der Waals surface area contributed by atoms with Crippen LogP contribution in [0.4, 0.5) is 0 Å². The molecule has 0 bridgehead atoms. The zero-order chi connectivity index (χ0) is 18.1. The molecule has 0 aromatic heterocycles. The van der Waals surface area contributed by atoms with Crippen molar-refractivity contribution in [3.05, 3.63) is 59.2 Å². The molecule has 1 amide bonds. The van der Waals surface area contributed by atoms with Gasteiger partial charge < -0.3 is 9.47 Å². The number of hydrogen-bond acceptors (Lipinski definition) is 4. The molecule has 25 heavy (non-hydrogen) atoms. The van der Waals surface area contributed by atoms with Gasteiger partial charge in [-0.1, -0.05) is 29.8 Å². The first-order chi connectivity index (χ1) is 12.1. The molecule has 0 aliphatic rings. The van der Waals surface area contributed by atoms with E-state index in [1.54, 1.807) is 6.21 Å². The maximum absolute atomic E-state index is 11.9. The van der Waals surface area contributed by atoms with Crippen molar-refractivity contribution in [1.82, 2.24) is 5.43 Å². The van der Waals surface area contributed by atoms with Crippen molar-refractivity contribution in [2.24, 2.45) is 5.10 Å². The SMILES string of the molecule is CCOc1ccc(/C=N/NC(=O)Cc2ccc(C)cc2)cc1OCC. The second-order valence-electron chi connectivity index (χ2n) is 5.53. The van der Waals surface area contributed by atoms with Gasteiger partial charge in [0, 0.05) is 0 Å². The predicted molar refractivity (Wildman–Crippen MR) is 99.4 cm³/mol. The van der Waals surface area contributed by atoms with Gasteiger partial charge in [-0.05, 0) is 50.1 Å². The van der Waals surface area contributed by atoms with Crippen molar-refractivity contribution in [3.63, 3.8) is 0 Å². The number of nitrogens with one attached hydrogen (secondary N) is 1. The first-order valence-electron chi connectivity index (χ1n) is 8.39. The van der Waals surface area contributed by atoms with Crippen molar-refractivity contribution in [2.75, 3.05) is 13.2 Å². The Balaban J connectivity index is 1.95. The van der Waals surface area contributed by atoms with Crippen LogP contribution in [-0.2, 0) is 11.2 Å². The molecular weight excluding hydrogens is 316 g/mol. The molecule has 0 saturated carbocycles. The average Bonchev–Trinajstić information content (AvgIpc) is 2.59. The van der Waals surface area contributed by atoms with Gasteiger partial charge in [0.25, 0.3) is 0 Å². The van der Waals surface area contributed by atoms with Gasteiger partial charge in [0.15, 0.2) is 11.5 Å². The van der Waals surface area contributed by atoms with E-state index in [1.165, 1.54) is 5.56 Å². The summed E-state index contributed by atoms with van der Waals surface area (Å²) in [5.41, 5.74) is 5.49. The first kappa shape index (κ1) is 18.5. The molecule has 0 fully saturated rings. The summed E-state index contributed by atoms with van der Waals surface area (Å²) in [5, 5.41) is 4.01. The third-order valence-electron chi connectivity index (χ3n) is 3.46. The Bertz CT molecular complexity index is 724. The largest absolute Gasteiger partial charge is 0.490 e. The van der Waals surface area contributed by atoms with E-state index in [1.807, 2.05) is 63.2 Å². The van der Waals surface area contributed by atoms with Gasteiger partial charge in [-0.3, -0.25) is 4.79 Å². The van der Waals surface area contributed by atoms with Gasteiger partial charge in [-0.15, -0.1) is 0 Å². The van der Waals surface area contributed by atoms with Crippen LogP contribution in [0.2, 0.25) is 0 Å². The third-order valence-corrected chi connectivity index (χ3v) is 3.46.